The largest absolute Gasteiger partial charge is 0.353 e. The van der Waals surface area contributed by atoms with Crippen LogP contribution in [0.5, 0.6) is 0 Å². The second-order valence-electron chi connectivity index (χ2n) is 9.32. The molecule has 29 heavy (non-hydrogen) atoms. The molecule has 3 fully saturated rings. The smallest absolute Gasteiger partial charge is 0.224 e. The van der Waals surface area contributed by atoms with Crippen molar-refractivity contribution in [1.29, 1.82) is 0 Å². The van der Waals surface area contributed by atoms with E-state index in [0.29, 0.717) is 18.1 Å². The van der Waals surface area contributed by atoms with Gasteiger partial charge in [-0.3, -0.25) is 19.6 Å². The zero-order valence-electron chi connectivity index (χ0n) is 17.6. The number of nitrogens with two attached hydrogens (primary N) is 1. The molecule has 3 N–H and O–H groups in total. The molecule has 6 nitrogen and oxygen atoms in total. The zero-order valence-corrected chi connectivity index (χ0v) is 17.6. The number of hydrogen-bond donors (Lipinski definition) is 2. The van der Waals surface area contributed by atoms with E-state index in [-0.39, 0.29) is 11.8 Å². The molecular weight excluding hydrogens is 362 g/mol. The van der Waals surface area contributed by atoms with Gasteiger partial charge in [0.05, 0.1) is 5.92 Å². The lowest BCUT2D eigenvalue weighted by molar-refractivity contribution is -0.128. The van der Waals surface area contributed by atoms with Gasteiger partial charge >= 0.3 is 0 Å². The van der Waals surface area contributed by atoms with E-state index in [1.54, 1.807) is 0 Å². The Morgan fingerprint density at radius 3 is 2.48 bits per heavy atom. The molecule has 2 aliphatic heterocycles. The molecule has 0 bridgehead atoms. The van der Waals surface area contributed by atoms with E-state index < -0.39 is 0 Å². The highest BCUT2D eigenvalue weighted by Gasteiger charge is 2.32. The second kappa shape index (κ2) is 10.0. The number of rotatable bonds is 5. The first-order valence-corrected chi connectivity index (χ1v) is 11.6. The van der Waals surface area contributed by atoms with Crippen LogP contribution in [-0.4, -0.2) is 65.0 Å². The van der Waals surface area contributed by atoms with Gasteiger partial charge in [-0.2, -0.15) is 0 Å². The molecule has 2 saturated heterocycles. The number of pyridine rings is 1. The normalized spacial score (nSPS) is 30.2. The van der Waals surface area contributed by atoms with Crippen LogP contribution in [0.2, 0.25) is 0 Å². The van der Waals surface area contributed by atoms with Crippen LogP contribution in [0.3, 0.4) is 0 Å². The van der Waals surface area contributed by atoms with E-state index in [4.69, 9.17) is 5.73 Å². The maximum absolute atomic E-state index is 12.8. The van der Waals surface area contributed by atoms with E-state index in [9.17, 15) is 4.79 Å². The highest BCUT2D eigenvalue weighted by Crippen LogP contribution is 2.25. The highest BCUT2D eigenvalue weighted by molar-refractivity contribution is 5.79. The van der Waals surface area contributed by atoms with Gasteiger partial charge in [0, 0.05) is 43.6 Å². The van der Waals surface area contributed by atoms with Crippen LogP contribution in [0.25, 0.3) is 0 Å². The predicted octanol–water partition coefficient (Wildman–Crippen LogP) is 2.14. The fraction of sp³-hybridized carbons (Fsp3) is 0.739. The van der Waals surface area contributed by atoms with Crippen LogP contribution in [0.4, 0.5) is 0 Å². The van der Waals surface area contributed by atoms with Gasteiger partial charge in [-0.25, -0.2) is 0 Å². The third kappa shape index (κ3) is 5.77. The molecule has 1 aromatic heterocycles. The van der Waals surface area contributed by atoms with Crippen LogP contribution in [0, 0.1) is 5.92 Å². The van der Waals surface area contributed by atoms with Crippen molar-refractivity contribution >= 4 is 5.91 Å². The van der Waals surface area contributed by atoms with Crippen molar-refractivity contribution in [2.75, 3.05) is 26.2 Å². The lowest BCUT2D eigenvalue weighted by atomic mass is 9.90. The number of hydrogen-bond acceptors (Lipinski definition) is 5. The van der Waals surface area contributed by atoms with Gasteiger partial charge in [0.15, 0.2) is 0 Å². The minimum Gasteiger partial charge on any atom is -0.353 e. The number of amides is 1. The topological polar surface area (TPSA) is 74.5 Å². The summed E-state index contributed by atoms with van der Waals surface area (Å²) in [5.41, 5.74) is 7.34. The van der Waals surface area contributed by atoms with E-state index in [0.717, 1.165) is 71.2 Å². The minimum atomic E-state index is 0.161. The molecule has 4 rings (SSSR count). The number of carbonyl (C=O) groups excluding carboxylic acids is 1. The number of nitrogens with one attached hydrogen (secondary N) is 1. The Bertz CT molecular complexity index is 638. The molecule has 1 amide bonds. The Morgan fingerprint density at radius 1 is 1.03 bits per heavy atom. The molecule has 160 valence electrons. The monoisotopic (exact) mass is 399 g/mol. The summed E-state index contributed by atoms with van der Waals surface area (Å²) >= 11 is 0. The van der Waals surface area contributed by atoms with Gasteiger partial charge in [-0.15, -0.1) is 0 Å². The van der Waals surface area contributed by atoms with Crippen molar-refractivity contribution in [3.63, 3.8) is 0 Å². The maximum Gasteiger partial charge on any atom is 0.224 e. The molecule has 1 atom stereocenters. The Kier molecular flexibility index (Phi) is 7.16. The van der Waals surface area contributed by atoms with Crippen LogP contribution < -0.4 is 11.1 Å². The molecule has 0 radical (unpaired) electrons. The van der Waals surface area contributed by atoms with Crippen molar-refractivity contribution in [2.45, 2.75) is 76.0 Å². The summed E-state index contributed by atoms with van der Waals surface area (Å²) in [5.74, 6) is 0.444. The summed E-state index contributed by atoms with van der Waals surface area (Å²) in [5, 5.41) is 3.33. The first kappa shape index (κ1) is 20.8. The second-order valence-corrected chi connectivity index (χ2v) is 9.32. The maximum atomic E-state index is 12.8. The number of piperidine rings is 2. The summed E-state index contributed by atoms with van der Waals surface area (Å²) < 4.78 is 0. The van der Waals surface area contributed by atoms with Crippen LogP contribution in [-0.2, 0) is 11.3 Å². The number of carbonyl (C=O) groups is 1. The molecular formula is C23H37N5O. The lowest BCUT2D eigenvalue weighted by Crippen LogP contribution is -2.52. The standard InChI is InChI=1S/C23H37N5O/c24-20-3-5-21(6-4-20)26-23(29)19-2-1-13-28(17-19)22-9-14-27(15-10-22)16-18-7-11-25-12-8-18/h7-8,11-12,19-22H,1-6,9-10,13-17,24H2,(H,26,29)/t19-,20?,21?/m1/s1. The van der Waals surface area contributed by atoms with Crippen molar-refractivity contribution in [3.8, 4) is 0 Å². The molecule has 0 spiro atoms. The predicted molar refractivity (Wildman–Crippen MR) is 115 cm³/mol. The molecule has 1 aromatic rings. The van der Waals surface area contributed by atoms with E-state index >= 15 is 0 Å². The van der Waals surface area contributed by atoms with Crippen LogP contribution in [0.15, 0.2) is 24.5 Å². The summed E-state index contributed by atoms with van der Waals surface area (Å²) in [6.07, 6.45) is 12.5. The Hall–Kier alpha value is -1.50. The third-order valence-electron chi connectivity index (χ3n) is 7.17. The highest BCUT2D eigenvalue weighted by atomic mass is 16.2. The molecule has 3 heterocycles. The average molecular weight is 400 g/mol. The summed E-state index contributed by atoms with van der Waals surface area (Å²) in [4.78, 5) is 22.1. The van der Waals surface area contributed by atoms with Crippen LogP contribution in [0.1, 0.15) is 56.9 Å². The van der Waals surface area contributed by atoms with E-state index in [1.807, 2.05) is 12.4 Å². The molecule has 0 unspecified atom stereocenters. The zero-order chi connectivity index (χ0) is 20.1. The Morgan fingerprint density at radius 2 is 1.76 bits per heavy atom. The quantitative estimate of drug-likeness (QED) is 0.794. The van der Waals surface area contributed by atoms with Crippen LogP contribution >= 0.6 is 0 Å². The first-order valence-electron chi connectivity index (χ1n) is 11.6. The third-order valence-corrected chi connectivity index (χ3v) is 7.17. The number of aromatic nitrogens is 1. The molecule has 6 heteroatoms. The van der Waals surface area contributed by atoms with Gasteiger partial charge in [-0.1, -0.05) is 0 Å². The minimum absolute atomic E-state index is 0.161. The molecule has 1 saturated carbocycles. The van der Waals surface area contributed by atoms with Gasteiger partial charge in [0.1, 0.15) is 0 Å². The van der Waals surface area contributed by atoms with Gasteiger partial charge < -0.3 is 11.1 Å². The van der Waals surface area contributed by atoms with Crippen molar-refractivity contribution in [2.24, 2.45) is 11.7 Å². The van der Waals surface area contributed by atoms with Crippen molar-refractivity contribution in [1.82, 2.24) is 20.1 Å². The fourth-order valence-electron chi connectivity index (χ4n) is 5.32. The lowest BCUT2D eigenvalue weighted by Gasteiger charge is -2.42. The fourth-order valence-corrected chi connectivity index (χ4v) is 5.32. The number of likely N-dealkylation sites (tertiary alicyclic amines) is 2. The van der Waals surface area contributed by atoms with E-state index in [2.05, 4.69) is 32.2 Å². The first-order chi connectivity index (χ1) is 14.2. The average Bonchev–Trinajstić information content (AvgIpc) is 2.77. The van der Waals surface area contributed by atoms with Gasteiger partial charge in [-0.05, 0) is 88.7 Å². The van der Waals surface area contributed by atoms with Crippen molar-refractivity contribution < 1.29 is 4.79 Å². The number of nitrogens with zero attached hydrogens (tertiary/aromatic N) is 3. The summed E-state index contributed by atoms with van der Waals surface area (Å²) in [7, 11) is 0. The summed E-state index contributed by atoms with van der Waals surface area (Å²) in [6, 6.07) is 5.53. The molecule has 1 aliphatic carbocycles. The Labute approximate surface area is 175 Å². The summed E-state index contributed by atoms with van der Waals surface area (Å²) in [6.45, 7) is 5.39. The van der Waals surface area contributed by atoms with Crippen molar-refractivity contribution in [3.05, 3.63) is 30.1 Å². The van der Waals surface area contributed by atoms with Gasteiger partial charge in [0.2, 0.25) is 5.91 Å². The molecule has 3 aliphatic rings. The van der Waals surface area contributed by atoms with Gasteiger partial charge in [0.25, 0.3) is 0 Å². The van der Waals surface area contributed by atoms with E-state index in [1.165, 1.54) is 18.4 Å². The molecule has 0 aromatic carbocycles. The SMILES string of the molecule is NC1CCC(NC(=O)[C@@H]2CCCN(C3CCN(Cc4ccncc4)CC3)C2)CC1. The Balaban J connectivity index is 1.22.